The van der Waals surface area contributed by atoms with Crippen LogP contribution in [0.5, 0.6) is 0 Å². The zero-order valence-electron chi connectivity index (χ0n) is 18.9. The highest BCUT2D eigenvalue weighted by Crippen LogP contribution is 2.25. The SMILES string of the molecule is [2H]C([2H])([2H])C(C)(C#N)N1C([2H])([2H])C([2H])([2H])C([2H])([2H])C1([2H])C([2H])([2H])[2H]. The van der Waals surface area contributed by atoms with Crippen LogP contribution in [0.4, 0.5) is 0 Å². The Kier molecular flexibility index (Phi) is 0.436. The van der Waals surface area contributed by atoms with Gasteiger partial charge in [-0.25, -0.2) is 0 Å². The van der Waals surface area contributed by atoms with Gasteiger partial charge in [0.05, 0.1) is 6.07 Å². The van der Waals surface area contributed by atoms with Crippen molar-refractivity contribution < 1.29 is 17.8 Å². The van der Waals surface area contributed by atoms with Gasteiger partial charge in [-0.1, -0.05) is 0 Å². The standard InChI is InChI=1S/C9H16N2/c1-8-5-4-6-11(8)9(2,3)7-10/h8H,4-6H2,1-3H3/i1D3,2D3,4D2,5D2,6D2,8D. The van der Waals surface area contributed by atoms with Gasteiger partial charge in [0.25, 0.3) is 0 Å². The van der Waals surface area contributed by atoms with Crippen molar-refractivity contribution in [2.75, 3.05) is 6.50 Å². The van der Waals surface area contributed by atoms with Gasteiger partial charge < -0.3 is 0 Å². The monoisotopic (exact) mass is 165 g/mol. The molecule has 0 aromatic rings. The topological polar surface area (TPSA) is 27.0 Å². The fourth-order valence-corrected chi connectivity index (χ4v) is 0.640. The van der Waals surface area contributed by atoms with Gasteiger partial charge in [-0.3, -0.25) is 4.90 Å². The molecule has 1 rings (SSSR count). The molecule has 11 heavy (non-hydrogen) atoms. The Bertz CT molecular complexity index is 569. The van der Waals surface area contributed by atoms with Crippen LogP contribution in [0, 0.1) is 11.3 Å². The molecule has 0 aromatic heterocycles. The van der Waals surface area contributed by atoms with Gasteiger partial charge in [0.1, 0.15) is 5.54 Å². The van der Waals surface area contributed by atoms with Gasteiger partial charge in [-0.15, -0.1) is 0 Å². The van der Waals surface area contributed by atoms with Crippen LogP contribution in [0.2, 0.25) is 0 Å². The molecule has 0 saturated carbocycles. The predicted octanol–water partition coefficient (Wildman–Crippen LogP) is 1.77. The maximum atomic E-state index is 9.32. The van der Waals surface area contributed by atoms with Gasteiger partial charge in [0.15, 0.2) is 0 Å². The predicted molar refractivity (Wildman–Crippen MR) is 45.1 cm³/mol. The van der Waals surface area contributed by atoms with E-state index in [0.29, 0.717) is 6.92 Å². The number of likely N-dealkylation sites (tertiary alicyclic amines) is 1. The maximum Gasteiger partial charge on any atom is 0.103 e. The van der Waals surface area contributed by atoms with E-state index in [2.05, 4.69) is 0 Å². The fourth-order valence-electron chi connectivity index (χ4n) is 0.640. The Hall–Kier alpha value is -0.550. The first-order valence-corrected chi connectivity index (χ1v) is 2.89. The first-order chi connectivity index (χ1) is 10.2. The number of rotatable bonds is 1. The third-order valence-electron chi connectivity index (χ3n) is 1.24. The Labute approximate surface area is 87.1 Å². The summed E-state index contributed by atoms with van der Waals surface area (Å²) >= 11 is 0. The van der Waals surface area contributed by atoms with Crippen LogP contribution < -0.4 is 0 Å². The quantitative estimate of drug-likeness (QED) is 0.592. The van der Waals surface area contributed by atoms with Crippen LogP contribution >= 0.6 is 0 Å². The number of nitriles is 1. The summed E-state index contributed by atoms with van der Waals surface area (Å²) in [4.78, 5) is -0.285. The van der Waals surface area contributed by atoms with Crippen LogP contribution in [-0.2, 0) is 0 Å². The zero-order valence-corrected chi connectivity index (χ0v) is 5.89. The zero-order chi connectivity index (χ0) is 19.8. The van der Waals surface area contributed by atoms with Crippen molar-refractivity contribution in [1.29, 1.82) is 5.26 Å². The minimum atomic E-state index is -3.66. The van der Waals surface area contributed by atoms with Crippen LogP contribution in [-0.4, -0.2) is 23.0 Å². The molecule has 0 amide bonds. The lowest BCUT2D eigenvalue weighted by Gasteiger charge is -2.32. The fraction of sp³-hybridized carbons (Fsp3) is 0.889. The third-order valence-corrected chi connectivity index (χ3v) is 1.24. The summed E-state index contributed by atoms with van der Waals surface area (Å²) in [6, 6.07) is -2.42. The number of hydrogen-bond donors (Lipinski definition) is 0. The lowest BCUT2D eigenvalue weighted by molar-refractivity contribution is 0.161. The molecule has 2 atom stereocenters. The van der Waals surface area contributed by atoms with Crippen LogP contribution in [0.25, 0.3) is 0 Å². The molecule has 1 aliphatic heterocycles. The molecule has 0 bridgehead atoms. The van der Waals surface area contributed by atoms with E-state index in [4.69, 9.17) is 17.8 Å². The molecule has 0 spiro atoms. The molecule has 2 heteroatoms. The summed E-state index contributed by atoms with van der Waals surface area (Å²) in [6.45, 7) is -9.92. The van der Waals surface area contributed by atoms with E-state index < -0.39 is 44.5 Å². The highest BCUT2D eigenvalue weighted by molar-refractivity contribution is 5.04. The highest BCUT2D eigenvalue weighted by atomic mass is 15.2. The van der Waals surface area contributed by atoms with Gasteiger partial charge >= 0.3 is 0 Å². The van der Waals surface area contributed by atoms with Crippen LogP contribution in [0.3, 0.4) is 0 Å². The summed E-state index contributed by atoms with van der Waals surface area (Å²) in [6.07, 6.45) is -7.24. The second-order valence-corrected chi connectivity index (χ2v) is 2.23. The molecule has 1 saturated heterocycles. The number of hydrogen-bond acceptors (Lipinski definition) is 2. The molecule has 62 valence electrons. The van der Waals surface area contributed by atoms with Crippen LogP contribution in [0.15, 0.2) is 0 Å². The first-order valence-electron chi connectivity index (χ1n) is 9.39. The van der Waals surface area contributed by atoms with E-state index in [9.17, 15) is 5.26 Å². The molecule has 2 unspecified atom stereocenters. The molecule has 0 radical (unpaired) electrons. The average Bonchev–Trinajstić information content (AvgIpc) is 2.42. The number of nitrogens with zero attached hydrogens (tertiary/aromatic N) is 2. The summed E-state index contributed by atoms with van der Waals surface area (Å²) in [5, 5.41) is 9.32. The van der Waals surface area contributed by atoms with Crippen molar-refractivity contribution >= 4 is 0 Å². The summed E-state index contributed by atoms with van der Waals surface area (Å²) in [5.74, 6) is 0. The van der Waals surface area contributed by atoms with Crippen molar-refractivity contribution in [3.05, 3.63) is 0 Å². The molecule has 0 aromatic carbocycles. The van der Waals surface area contributed by atoms with E-state index >= 15 is 0 Å². The maximum absolute atomic E-state index is 9.32. The van der Waals surface area contributed by atoms with Crippen molar-refractivity contribution in [2.45, 2.75) is 44.9 Å². The minimum absolute atomic E-state index is 0.285. The third kappa shape index (κ3) is 1.54. The van der Waals surface area contributed by atoms with E-state index in [0.717, 1.165) is 0 Å². The van der Waals surface area contributed by atoms with E-state index in [-0.39, 0.29) is 4.90 Å². The van der Waals surface area contributed by atoms with Crippen molar-refractivity contribution in [2.24, 2.45) is 0 Å². The van der Waals surface area contributed by atoms with Crippen molar-refractivity contribution in [3.8, 4) is 6.07 Å². The van der Waals surface area contributed by atoms with Crippen LogP contribution in [0.1, 0.15) is 51.2 Å². The summed E-state index contributed by atoms with van der Waals surface area (Å²) in [5.41, 5.74) is -2.97. The Balaban J connectivity index is 4.02. The second kappa shape index (κ2) is 2.83. The van der Waals surface area contributed by atoms with E-state index in [1.807, 2.05) is 0 Å². The molecule has 2 nitrogen and oxygen atoms in total. The molecular formula is C9H16N2. The summed E-state index contributed by atoms with van der Waals surface area (Å²) in [7, 11) is 0. The van der Waals surface area contributed by atoms with Gasteiger partial charge in [-0.05, 0) is 39.9 Å². The largest absolute Gasteiger partial charge is 0.283 e. The van der Waals surface area contributed by atoms with E-state index in [1.165, 1.54) is 6.07 Å². The molecule has 0 aliphatic carbocycles. The Morgan fingerprint density at radius 1 is 2.00 bits per heavy atom. The normalized spacial score (nSPS) is 71.5. The second-order valence-electron chi connectivity index (χ2n) is 2.23. The Morgan fingerprint density at radius 2 is 2.82 bits per heavy atom. The van der Waals surface area contributed by atoms with E-state index in [1.54, 1.807) is 0 Å². The van der Waals surface area contributed by atoms with Gasteiger partial charge in [0.2, 0.25) is 0 Å². The average molecular weight is 165 g/mol. The van der Waals surface area contributed by atoms with Gasteiger partial charge in [-0.2, -0.15) is 5.26 Å². The lowest BCUT2D eigenvalue weighted by atomic mass is 10.0. The Morgan fingerprint density at radius 3 is 3.36 bits per heavy atom. The molecule has 1 heterocycles. The molecule has 1 aliphatic rings. The first kappa shape index (κ1) is 1.70. The highest BCUT2D eigenvalue weighted by Gasteiger charge is 2.33. The molecule has 1 fully saturated rings. The molecule has 0 N–H and O–H groups in total. The lowest BCUT2D eigenvalue weighted by Crippen LogP contribution is -2.44. The van der Waals surface area contributed by atoms with Crippen molar-refractivity contribution in [1.82, 2.24) is 4.90 Å². The minimum Gasteiger partial charge on any atom is -0.283 e. The van der Waals surface area contributed by atoms with Crippen molar-refractivity contribution in [3.63, 3.8) is 0 Å². The smallest absolute Gasteiger partial charge is 0.103 e. The summed E-state index contributed by atoms with van der Waals surface area (Å²) < 4.78 is 99.8. The molecular weight excluding hydrogens is 136 g/mol. The van der Waals surface area contributed by atoms with Gasteiger partial charge in [0, 0.05) is 23.8 Å².